The molecular weight excluding hydrogens is 352 g/mol. The zero-order valence-corrected chi connectivity index (χ0v) is 16.1. The Labute approximate surface area is 157 Å². The minimum atomic E-state index is -2.27. The quantitative estimate of drug-likeness (QED) is 0.779. The summed E-state index contributed by atoms with van der Waals surface area (Å²) in [6.07, 6.45) is 4.55. The van der Waals surface area contributed by atoms with Crippen LogP contribution in [0.4, 0.5) is 11.5 Å². The largest absolute Gasteiger partial charge is 0.755 e. The zero-order chi connectivity index (χ0) is 18.9. The van der Waals surface area contributed by atoms with Crippen molar-refractivity contribution < 1.29 is 13.5 Å². The molecule has 0 aliphatic carbocycles. The summed E-state index contributed by atoms with van der Waals surface area (Å²) in [6, 6.07) is 11.4. The molecule has 1 aromatic carbocycles. The van der Waals surface area contributed by atoms with E-state index >= 15 is 0 Å². The highest BCUT2D eigenvalue weighted by molar-refractivity contribution is 7.80. The van der Waals surface area contributed by atoms with E-state index in [2.05, 4.69) is 33.0 Å². The van der Waals surface area contributed by atoms with Gasteiger partial charge in [-0.15, -0.1) is 0 Å². The molecule has 0 spiro atoms. The fourth-order valence-electron chi connectivity index (χ4n) is 2.84. The first-order valence-electron chi connectivity index (χ1n) is 8.37. The Bertz CT molecular complexity index is 695. The Morgan fingerprint density at radius 2 is 2.00 bits per heavy atom. The lowest BCUT2D eigenvalue weighted by molar-refractivity contribution is 0.317. The number of likely N-dealkylation sites (tertiary alicyclic amines) is 1. The van der Waals surface area contributed by atoms with E-state index in [1.807, 2.05) is 19.3 Å². The topological polar surface area (TPSA) is 89.6 Å². The van der Waals surface area contributed by atoms with Crippen molar-refractivity contribution >= 4 is 22.8 Å². The molecule has 0 bridgehead atoms. The first-order chi connectivity index (χ1) is 12.5. The number of pyridine rings is 1. The van der Waals surface area contributed by atoms with Crippen molar-refractivity contribution in [2.75, 3.05) is 37.8 Å². The molecule has 1 aromatic heterocycles. The van der Waals surface area contributed by atoms with Crippen LogP contribution in [0.15, 0.2) is 42.6 Å². The van der Waals surface area contributed by atoms with Gasteiger partial charge in [-0.25, -0.2) is 4.98 Å². The van der Waals surface area contributed by atoms with Gasteiger partial charge < -0.3 is 19.3 Å². The predicted octanol–water partition coefficient (Wildman–Crippen LogP) is 2.79. The van der Waals surface area contributed by atoms with Gasteiger partial charge in [0.15, 0.2) is 0 Å². The average Bonchev–Trinajstić information content (AvgIpc) is 3.08. The van der Waals surface area contributed by atoms with E-state index in [1.54, 1.807) is 31.4 Å². The van der Waals surface area contributed by atoms with Gasteiger partial charge in [-0.3, -0.25) is 9.11 Å². The van der Waals surface area contributed by atoms with Crippen LogP contribution in [0.2, 0.25) is 0 Å². The summed E-state index contributed by atoms with van der Waals surface area (Å²) in [5, 5.41) is 3.03. The number of benzene rings is 1. The van der Waals surface area contributed by atoms with Crippen molar-refractivity contribution in [3.05, 3.63) is 48.2 Å². The van der Waals surface area contributed by atoms with Crippen LogP contribution >= 0.6 is 0 Å². The van der Waals surface area contributed by atoms with Gasteiger partial charge in [-0.05, 0) is 62.3 Å². The lowest BCUT2D eigenvalue weighted by Gasteiger charge is -2.19. The van der Waals surface area contributed by atoms with Crippen LogP contribution in [0.1, 0.15) is 24.4 Å². The Kier molecular flexibility index (Phi) is 7.83. The standard InChI is InChI=1S/C11H17N3.C7H9NO3S/c1-12-11-6-5-9(8-13-11)10-4-3-7-14(10)2;1-11-7-4-2-6(3-5-7)8-12(9)10/h5-6,8,10H,3-4,7H2,1-2H3,(H,12,13);2-5,8H,1H3,(H,9,10)/p-1. The van der Waals surface area contributed by atoms with E-state index < -0.39 is 11.3 Å². The van der Waals surface area contributed by atoms with E-state index in [1.165, 1.54) is 24.9 Å². The third kappa shape index (κ3) is 5.98. The summed E-state index contributed by atoms with van der Waals surface area (Å²) in [6.45, 7) is 1.21. The fourth-order valence-corrected chi connectivity index (χ4v) is 3.17. The van der Waals surface area contributed by atoms with Crippen molar-refractivity contribution in [3.8, 4) is 5.75 Å². The van der Waals surface area contributed by atoms with Gasteiger partial charge in [0, 0.05) is 36.2 Å². The molecule has 0 radical (unpaired) electrons. The molecule has 8 heteroatoms. The van der Waals surface area contributed by atoms with Crippen molar-refractivity contribution in [1.29, 1.82) is 0 Å². The van der Waals surface area contributed by atoms with E-state index in [9.17, 15) is 8.76 Å². The van der Waals surface area contributed by atoms with Crippen LogP contribution in [-0.4, -0.2) is 46.4 Å². The van der Waals surface area contributed by atoms with Crippen LogP contribution in [0.3, 0.4) is 0 Å². The summed E-state index contributed by atoms with van der Waals surface area (Å²) >= 11 is -2.27. The Balaban J connectivity index is 0.000000190. The number of methoxy groups -OCH3 is 1. The van der Waals surface area contributed by atoms with Crippen molar-refractivity contribution in [2.24, 2.45) is 0 Å². The lowest BCUT2D eigenvalue weighted by Crippen LogP contribution is -2.17. The number of nitrogens with one attached hydrogen (secondary N) is 2. The number of rotatable bonds is 5. The highest BCUT2D eigenvalue weighted by Crippen LogP contribution is 2.29. The van der Waals surface area contributed by atoms with Crippen molar-refractivity contribution in [3.63, 3.8) is 0 Å². The summed E-state index contributed by atoms with van der Waals surface area (Å²) in [7, 11) is 5.63. The van der Waals surface area contributed by atoms with Crippen LogP contribution in [-0.2, 0) is 11.3 Å². The Morgan fingerprint density at radius 3 is 2.46 bits per heavy atom. The maximum atomic E-state index is 10.2. The van der Waals surface area contributed by atoms with Crippen LogP contribution in [0, 0.1) is 0 Å². The molecule has 26 heavy (non-hydrogen) atoms. The SMILES string of the molecule is CNc1ccc(C2CCCN2C)cn1.COc1ccc(NS(=O)[O-])cc1. The summed E-state index contributed by atoms with van der Waals surface area (Å²) in [4.78, 5) is 6.74. The van der Waals surface area contributed by atoms with Gasteiger partial charge in [0.05, 0.1) is 7.11 Å². The molecule has 7 nitrogen and oxygen atoms in total. The van der Waals surface area contributed by atoms with Crippen molar-refractivity contribution in [2.45, 2.75) is 18.9 Å². The number of hydrogen-bond acceptors (Lipinski definition) is 6. The third-order valence-corrected chi connectivity index (χ3v) is 4.64. The number of aromatic nitrogens is 1. The maximum Gasteiger partial charge on any atom is 0.125 e. The number of anilines is 2. The molecule has 0 amide bonds. The average molecular weight is 377 g/mol. The normalized spacial score (nSPS) is 17.8. The summed E-state index contributed by atoms with van der Waals surface area (Å²) < 4.78 is 27.5. The van der Waals surface area contributed by atoms with Crippen LogP contribution in [0.5, 0.6) is 5.75 Å². The maximum absolute atomic E-state index is 10.2. The second kappa shape index (κ2) is 10.1. The number of ether oxygens (including phenoxy) is 1. The van der Waals surface area contributed by atoms with Gasteiger partial charge >= 0.3 is 0 Å². The molecule has 0 saturated carbocycles. The molecular formula is C18H25N4O3S-. The minimum absolute atomic E-state index is 0.518. The van der Waals surface area contributed by atoms with Crippen LogP contribution < -0.4 is 14.8 Å². The molecule has 2 N–H and O–H groups in total. The molecule has 142 valence electrons. The van der Waals surface area contributed by atoms with Gasteiger partial charge in [-0.2, -0.15) is 0 Å². The smallest absolute Gasteiger partial charge is 0.125 e. The van der Waals surface area contributed by atoms with Gasteiger partial charge in [0.25, 0.3) is 0 Å². The molecule has 1 fully saturated rings. The molecule has 1 saturated heterocycles. The monoisotopic (exact) mass is 377 g/mol. The van der Waals surface area contributed by atoms with Gasteiger partial charge in [-0.1, -0.05) is 6.07 Å². The predicted molar refractivity (Wildman–Crippen MR) is 104 cm³/mol. The van der Waals surface area contributed by atoms with E-state index in [-0.39, 0.29) is 0 Å². The third-order valence-electron chi connectivity index (χ3n) is 4.24. The second-order valence-corrected chi connectivity index (χ2v) is 6.60. The zero-order valence-electron chi connectivity index (χ0n) is 15.3. The number of hydrogen-bond donors (Lipinski definition) is 2. The molecule has 1 aliphatic rings. The second-order valence-electron chi connectivity index (χ2n) is 5.93. The summed E-state index contributed by atoms with van der Waals surface area (Å²) in [5.74, 6) is 1.63. The summed E-state index contributed by atoms with van der Waals surface area (Å²) in [5.41, 5.74) is 1.85. The molecule has 3 rings (SSSR count). The first kappa shape index (κ1) is 20.2. The fraction of sp³-hybridized carbons (Fsp3) is 0.389. The van der Waals surface area contributed by atoms with E-state index in [0.717, 1.165) is 5.82 Å². The first-order valence-corrected chi connectivity index (χ1v) is 9.45. The van der Waals surface area contributed by atoms with E-state index in [0.29, 0.717) is 17.5 Å². The van der Waals surface area contributed by atoms with Crippen LogP contribution in [0.25, 0.3) is 0 Å². The number of nitrogens with zero attached hydrogens (tertiary/aromatic N) is 2. The van der Waals surface area contributed by atoms with Gasteiger partial charge in [0.1, 0.15) is 11.6 Å². The lowest BCUT2D eigenvalue weighted by atomic mass is 10.1. The van der Waals surface area contributed by atoms with Gasteiger partial charge in [0.2, 0.25) is 0 Å². The highest BCUT2D eigenvalue weighted by Gasteiger charge is 2.22. The molecule has 2 unspecified atom stereocenters. The highest BCUT2D eigenvalue weighted by atomic mass is 32.2. The Morgan fingerprint density at radius 1 is 1.27 bits per heavy atom. The van der Waals surface area contributed by atoms with E-state index in [4.69, 9.17) is 4.74 Å². The molecule has 2 heterocycles. The Hall–Kier alpha value is -2.16. The van der Waals surface area contributed by atoms with Crippen molar-refractivity contribution in [1.82, 2.24) is 9.88 Å². The minimum Gasteiger partial charge on any atom is -0.755 e. The molecule has 2 aromatic rings. The molecule has 2 atom stereocenters. The molecule has 1 aliphatic heterocycles.